The highest BCUT2D eigenvalue weighted by Gasteiger charge is 2.56. The molecule has 0 saturated carbocycles. The molecule has 1 heterocycles. The Kier molecular flexibility index (Phi) is 4.59. The summed E-state index contributed by atoms with van der Waals surface area (Å²) in [5.41, 5.74) is 0.247. The molecule has 0 aliphatic carbocycles. The van der Waals surface area contributed by atoms with E-state index in [2.05, 4.69) is 0 Å². The van der Waals surface area contributed by atoms with E-state index >= 15 is 0 Å². The van der Waals surface area contributed by atoms with Gasteiger partial charge in [0.2, 0.25) is 5.91 Å². The highest BCUT2D eigenvalue weighted by atomic mass is 16.6. The number of imide groups is 1. The molecule has 2 amide bonds. The zero-order valence-corrected chi connectivity index (χ0v) is 14.0. The van der Waals surface area contributed by atoms with Gasteiger partial charge in [-0.05, 0) is 24.3 Å². The maximum Gasteiger partial charge on any atom is 0.417 e. The van der Waals surface area contributed by atoms with Gasteiger partial charge in [-0.1, -0.05) is 58.0 Å². The maximum atomic E-state index is 12.6. The van der Waals surface area contributed by atoms with Gasteiger partial charge < -0.3 is 4.74 Å². The number of rotatable bonds is 4. The second-order valence-corrected chi connectivity index (χ2v) is 6.88. The number of hydrogen-bond donors (Lipinski definition) is 0. The topological polar surface area (TPSA) is 46.6 Å². The summed E-state index contributed by atoms with van der Waals surface area (Å²) in [5.74, 6) is 0.127. The first-order valence-corrected chi connectivity index (χ1v) is 7.87. The SMILES string of the molecule is CC(C)CC(=O)N1C(=O)O[C@H](c2ccccc2)[C@@]1(C)C(C)C. The zero-order chi connectivity index (χ0) is 16.5. The number of nitrogens with zero attached hydrogens (tertiary/aromatic N) is 1. The van der Waals surface area contributed by atoms with E-state index in [-0.39, 0.29) is 17.7 Å². The van der Waals surface area contributed by atoms with Gasteiger partial charge in [0.05, 0.1) is 5.54 Å². The van der Waals surface area contributed by atoms with Gasteiger partial charge in [-0.2, -0.15) is 0 Å². The zero-order valence-electron chi connectivity index (χ0n) is 14.0. The third-order valence-electron chi connectivity index (χ3n) is 4.52. The molecule has 4 heteroatoms. The lowest BCUT2D eigenvalue weighted by Gasteiger charge is -2.38. The highest BCUT2D eigenvalue weighted by Crippen LogP contribution is 2.46. The van der Waals surface area contributed by atoms with Crippen molar-refractivity contribution in [2.45, 2.75) is 52.7 Å². The number of amides is 2. The van der Waals surface area contributed by atoms with Gasteiger partial charge in [0.25, 0.3) is 0 Å². The highest BCUT2D eigenvalue weighted by molar-refractivity contribution is 5.94. The van der Waals surface area contributed by atoms with Crippen LogP contribution >= 0.6 is 0 Å². The maximum absolute atomic E-state index is 12.6. The standard InChI is InChI=1S/C18H25NO3/c1-12(2)11-15(20)19-17(21)22-16(18(19,5)13(3)4)14-9-7-6-8-10-14/h6-10,12-13,16H,11H2,1-5H3/t16-,18-/m1/s1. The van der Waals surface area contributed by atoms with E-state index in [1.807, 2.05) is 65.0 Å². The Hall–Kier alpha value is -1.84. The minimum atomic E-state index is -0.676. The molecule has 2 rings (SSSR count). The summed E-state index contributed by atoms with van der Waals surface area (Å²) in [4.78, 5) is 26.3. The molecule has 0 radical (unpaired) electrons. The van der Waals surface area contributed by atoms with E-state index in [9.17, 15) is 9.59 Å². The van der Waals surface area contributed by atoms with Gasteiger partial charge in [-0.3, -0.25) is 4.79 Å². The van der Waals surface area contributed by atoms with Crippen LogP contribution in [0, 0.1) is 11.8 Å². The van der Waals surface area contributed by atoms with Gasteiger partial charge >= 0.3 is 6.09 Å². The lowest BCUT2D eigenvalue weighted by atomic mass is 9.79. The van der Waals surface area contributed by atoms with Gasteiger partial charge in [0.1, 0.15) is 0 Å². The van der Waals surface area contributed by atoms with Crippen molar-refractivity contribution in [3.05, 3.63) is 35.9 Å². The van der Waals surface area contributed by atoms with Crippen molar-refractivity contribution in [2.75, 3.05) is 0 Å². The van der Waals surface area contributed by atoms with Crippen molar-refractivity contribution >= 4 is 12.0 Å². The summed E-state index contributed by atoms with van der Waals surface area (Å²) in [6.07, 6.45) is -0.619. The molecule has 2 atom stereocenters. The predicted molar refractivity (Wildman–Crippen MR) is 85.2 cm³/mol. The average Bonchev–Trinajstić information content (AvgIpc) is 2.72. The molecule has 1 saturated heterocycles. The van der Waals surface area contributed by atoms with Crippen LogP contribution in [0.4, 0.5) is 4.79 Å². The van der Waals surface area contributed by atoms with Gasteiger partial charge in [0.15, 0.2) is 6.10 Å². The van der Waals surface area contributed by atoms with Crippen LogP contribution < -0.4 is 0 Å². The number of cyclic esters (lactones) is 1. The Morgan fingerprint density at radius 2 is 1.82 bits per heavy atom. The lowest BCUT2D eigenvalue weighted by molar-refractivity contribution is -0.134. The van der Waals surface area contributed by atoms with Crippen LogP contribution in [0.5, 0.6) is 0 Å². The van der Waals surface area contributed by atoms with Gasteiger partial charge in [-0.25, -0.2) is 9.69 Å². The molecule has 1 aliphatic heterocycles. The van der Waals surface area contributed by atoms with Crippen LogP contribution in [0.25, 0.3) is 0 Å². The molecule has 1 aromatic carbocycles. The first-order valence-electron chi connectivity index (χ1n) is 7.87. The van der Waals surface area contributed by atoms with Crippen LogP contribution in [0.1, 0.15) is 52.7 Å². The third-order valence-corrected chi connectivity index (χ3v) is 4.52. The summed E-state index contributed by atoms with van der Waals surface area (Å²) in [6, 6.07) is 9.64. The minimum Gasteiger partial charge on any atom is -0.438 e. The Balaban J connectivity index is 2.43. The Morgan fingerprint density at radius 1 is 1.23 bits per heavy atom. The second-order valence-electron chi connectivity index (χ2n) is 6.88. The molecule has 4 nitrogen and oxygen atoms in total. The Labute approximate surface area is 132 Å². The molecular weight excluding hydrogens is 278 g/mol. The molecule has 120 valence electrons. The largest absolute Gasteiger partial charge is 0.438 e. The molecule has 0 aromatic heterocycles. The van der Waals surface area contributed by atoms with E-state index in [1.54, 1.807) is 0 Å². The van der Waals surface area contributed by atoms with Crippen LogP contribution in [-0.2, 0) is 9.53 Å². The summed E-state index contributed by atoms with van der Waals surface area (Å²) < 4.78 is 5.61. The second kappa shape index (κ2) is 6.11. The summed E-state index contributed by atoms with van der Waals surface area (Å²) in [7, 11) is 0. The van der Waals surface area contributed by atoms with Crippen LogP contribution in [0.3, 0.4) is 0 Å². The molecule has 0 bridgehead atoms. The third kappa shape index (κ3) is 2.74. The summed E-state index contributed by atoms with van der Waals surface area (Å²) in [6.45, 7) is 9.93. The van der Waals surface area contributed by atoms with Crippen LogP contribution in [-0.4, -0.2) is 22.4 Å². The van der Waals surface area contributed by atoms with Gasteiger partial charge in [-0.15, -0.1) is 0 Å². The molecular formula is C18H25NO3. The van der Waals surface area contributed by atoms with E-state index < -0.39 is 17.7 Å². The van der Waals surface area contributed by atoms with E-state index in [4.69, 9.17) is 4.74 Å². The minimum absolute atomic E-state index is 0.0836. The molecule has 0 spiro atoms. The quantitative estimate of drug-likeness (QED) is 0.838. The van der Waals surface area contributed by atoms with Crippen molar-refractivity contribution in [3.8, 4) is 0 Å². The van der Waals surface area contributed by atoms with Crippen molar-refractivity contribution in [1.82, 2.24) is 4.90 Å². The Morgan fingerprint density at radius 3 is 2.32 bits per heavy atom. The average molecular weight is 303 g/mol. The number of carbonyl (C=O) groups excluding carboxylic acids is 2. The molecule has 0 unspecified atom stereocenters. The first kappa shape index (κ1) is 16.5. The van der Waals surface area contributed by atoms with E-state index in [1.165, 1.54) is 4.90 Å². The molecule has 22 heavy (non-hydrogen) atoms. The first-order chi connectivity index (χ1) is 10.3. The van der Waals surface area contributed by atoms with Crippen LogP contribution in [0.15, 0.2) is 30.3 Å². The fraction of sp³-hybridized carbons (Fsp3) is 0.556. The smallest absolute Gasteiger partial charge is 0.417 e. The Bertz CT molecular complexity index is 553. The molecule has 1 fully saturated rings. The van der Waals surface area contributed by atoms with Crippen molar-refractivity contribution in [3.63, 3.8) is 0 Å². The number of carbonyl (C=O) groups is 2. The molecule has 0 N–H and O–H groups in total. The molecule has 1 aliphatic rings. The fourth-order valence-corrected chi connectivity index (χ4v) is 2.99. The lowest BCUT2D eigenvalue weighted by Crippen LogP contribution is -2.52. The van der Waals surface area contributed by atoms with Crippen molar-refractivity contribution in [1.29, 1.82) is 0 Å². The predicted octanol–water partition coefficient (Wildman–Crippen LogP) is 4.17. The summed E-state index contributed by atoms with van der Waals surface area (Å²) >= 11 is 0. The fourth-order valence-electron chi connectivity index (χ4n) is 2.99. The van der Waals surface area contributed by atoms with E-state index in [0.29, 0.717) is 6.42 Å². The molecule has 1 aromatic rings. The van der Waals surface area contributed by atoms with Crippen molar-refractivity contribution < 1.29 is 14.3 Å². The summed E-state index contributed by atoms with van der Waals surface area (Å²) in [5, 5.41) is 0. The number of hydrogen-bond acceptors (Lipinski definition) is 3. The van der Waals surface area contributed by atoms with Gasteiger partial charge in [0, 0.05) is 6.42 Å². The van der Waals surface area contributed by atoms with Crippen LogP contribution in [0.2, 0.25) is 0 Å². The van der Waals surface area contributed by atoms with Crippen molar-refractivity contribution in [2.24, 2.45) is 11.8 Å². The van der Waals surface area contributed by atoms with E-state index in [0.717, 1.165) is 5.56 Å². The number of benzene rings is 1. The normalized spacial score (nSPS) is 25.0. The number of ether oxygens (including phenoxy) is 1. The monoisotopic (exact) mass is 303 g/mol.